The van der Waals surface area contributed by atoms with Gasteiger partial charge in [0, 0.05) is 6.42 Å². The molecule has 0 aliphatic heterocycles. The summed E-state index contributed by atoms with van der Waals surface area (Å²) in [4.78, 5) is 22.3. The molecule has 0 bridgehead atoms. The highest BCUT2D eigenvalue weighted by Crippen LogP contribution is 2.03. The number of nitrogens with two attached hydrogens (primary N) is 1. The van der Waals surface area contributed by atoms with Gasteiger partial charge in [-0.3, -0.25) is 4.79 Å². The van der Waals surface area contributed by atoms with Crippen LogP contribution in [0.15, 0.2) is 30.3 Å². The highest BCUT2D eigenvalue weighted by molar-refractivity contribution is 5.81. The average Bonchev–Trinajstić information content (AvgIpc) is 2.38. The molecular formula is C13H17NO4. The van der Waals surface area contributed by atoms with Gasteiger partial charge in [-0.15, -0.1) is 0 Å². The Kier molecular flexibility index (Phi) is 6.50. The topological polar surface area (TPSA) is 78.6 Å². The van der Waals surface area contributed by atoms with Gasteiger partial charge in [-0.1, -0.05) is 30.3 Å². The first-order valence-corrected chi connectivity index (χ1v) is 5.84. The zero-order valence-electron chi connectivity index (χ0n) is 10.1. The molecule has 1 rings (SSSR count). The molecule has 0 aromatic heterocycles. The molecule has 0 aliphatic rings. The Morgan fingerprint density at radius 2 is 1.83 bits per heavy atom. The maximum atomic E-state index is 11.2. The largest absolute Gasteiger partial charge is 0.516 e. The summed E-state index contributed by atoms with van der Waals surface area (Å²) in [5.74, 6) is -0.582. The lowest BCUT2D eigenvalue weighted by atomic mass is 10.2. The Morgan fingerprint density at radius 1 is 1.11 bits per heavy atom. The molecule has 0 spiro atoms. The van der Waals surface area contributed by atoms with E-state index in [9.17, 15) is 9.59 Å². The van der Waals surface area contributed by atoms with E-state index in [1.165, 1.54) is 0 Å². The maximum absolute atomic E-state index is 11.2. The van der Waals surface area contributed by atoms with Gasteiger partial charge in [-0.25, -0.2) is 4.79 Å². The van der Waals surface area contributed by atoms with Crippen LogP contribution in [0.2, 0.25) is 0 Å². The van der Waals surface area contributed by atoms with Crippen molar-refractivity contribution in [1.29, 1.82) is 0 Å². The highest BCUT2D eigenvalue weighted by Gasteiger charge is 2.11. The molecule has 18 heavy (non-hydrogen) atoms. The fourth-order valence-electron chi connectivity index (χ4n) is 1.30. The Bertz CT molecular complexity index is 378. The summed E-state index contributed by atoms with van der Waals surface area (Å²) in [7, 11) is 0. The van der Waals surface area contributed by atoms with Crippen molar-refractivity contribution in [3.63, 3.8) is 0 Å². The summed E-state index contributed by atoms with van der Waals surface area (Å²) in [5, 5.41) is 0. The van der Waals surface area contributed by atoms with Crippen LogP contribution in [0.25, 0.3) is 0 Å². The zero-order valence-corrected chi connectivity index (χ0v) is 10.1. The summed E-state index contributed by atoms with van der Waals surface area (Å²) in [6.45, 7) is 0.613. The first-order valence-electron chi connectivity index (χ1n) is 5.84. The fourth-order valence-corrected chi connectivity index (χ4v) is 1.30. The van der Waals surface area contributed by atoms with Crippen LogP contribution in [-0.4, -0.2) is 18.7 Å². The normalized spacial score (nSPS) is 9.83. The number of benzene rings is 1. The molecule has 0 fully saturated rings. The summed E-state index contributed by atoms with van der Waals surface area (Å²) in [5.41, 5.74) is 6.12. The molecule has 0 saturated carbocycles. The summed E-state index contributed by atoms with van der Waals surface area (Å²) in [6.07, 6.45) is 0.559. The Hall–Kier alpha value is -1.88. The number of hydrogen-bond donors (Lipinski definition) is 1. The van der Waals surface area contributed by atoms with Crippen LogP contribution in [0.3, 0.4) is 0 Å². The van der Waals surface area contributed by atoms with Crippen LogP contribution in [0.5, 0.6) is 0 Å². The van der Waals surface area contributed by atoms with Gasteiger partial charge >= 0.3 is 12.1 Å². The van der Waals surface area contributed by atoms with Crippen molar-refractivity contribution in [2.45, 2.75) is 25.9 Å². The van der Waals surface area contributed by atoms with Crippen molar-refractivity contribution in [3.05, 3.63) is 35.9 Å². The molecule has 0 atom stereocenters. The van der Waals surface area contributed by atoms with E-state index in [0.29, 0.717) is 13.0 Å². The molecule has 0 saturated heterocycles. The number of esters is 1. The molecule has 0 radical (unpaired) electrons. The summed E-state index contributed by atoms with van der Waals surface area (Å²) >= 11 is 0. The molecule has 0 amide bonds. The van der Waals surface area contributed by atoms with Gasteiger partial charge in [0.1, 0.15) is 6.61 Å². The van der Waals surface area contributed by atoms with Gasteiger partial charge in [0.05, 0.1) is 0 Å². The van der Waals surface area contributed by atoms with E-state index in [1.807, 2.05) is 30.3 Å². The molecule has 2 N–H and O–H groups in total. The lowest BCUT2D eigenvalue weighted by Crippen LogP contribution is -2.14. The van der Waals surface area contributed by atoms with Crippen LogP contribution in [-0.2, 0) is 20.9 Å². The second-order valence-electron chi connectivity index (χ2n) is 3.74. The molecule has 0 aliphatic carbocycles. The van der Waals surface area contributed by atoms with Crippen LogP contribution in [0.1, 0.15) is 24.8 Å². The quantitative estimate of drug-likeness (QED) is 0.475. The van der Waals surface area contributed by atoms with Crippen LogP contribution < -0.4 is 5.73 Å². The maximum Gasteiger partial charge on any atom is 0.516 e. The van der Waals surface area contributed by atoms with Crippen molar-refractivity contribution in [3.8, 4) is 0 Å². The standard InChI is InChI=1S/C13H17NO4/c14-9-5-4-8-12(15)18-13(16)17-10-11-6-2-1-3-7-11/h1-3,6-7H,4-5,8-10,14H2. The minimum absolute atomic E-state index is 0.0930. The first-order chi connectivity index (χ1) is 8.72. The molecule has 5 heteroatoms. The highest BCUT2D eigenvalue weighted by atomic mass is 16.7. The smallest absolute Gasteiger partial charge is 0.429 e. The van der Waals surface area contributed by atoms with Crippen LogP contribution in [0, 0.1) is 0 Å². The summed E-state index contributed by atoms with van der Waals surface area (Å²) < 4.78 is 9.28. The number of rotatable bonds is 6. The van der Waals surface area contributed by atoms with Crippen LogP contribution >= 0.6 is 0 Å². The number of carbonyl (C=O) groups is 2. The Balaban J connectivity index is 2.19. The zero-order chi connectivity index (χ0) is 13.2. The van der Waals surface area contributed by atoms with E-state index in [4.69, 9.17) is 10.5 Å². The van der Waals surface area contributed by atoms with Gasteiger partial charge < -0.3 is 15.2 Å². The lowest BCUT2D eigenvalue weighted by molar-refractivity contribution is -0.140. The second kappa shape index (κ2) is 8.25. The molecule has 5 nitrogen and oxygen atoms in total. The number of carbonyl (C=O) groups excluding carboxylic acids is 2. The number of ether oxygens (including phenoxy) is 2. The summed E-state index contributed by atoms with van der Waals surface area (Å²) in [6, 6.07) is 9.17. The van der Waals surface area contributed by atoms with Crippen molar-refractivity contribution in [2.75, 3.05) is 6.54 Å². The first kappa shape index (κ1) is 14.2. The van der Waals surface area contributed by atoms with Gasteiger partial charge in [0.15, 0.2) is 0 Å². The predicted octanol–water partition coefficient (Wildman–Crippen LogP) is 2.00. The van der Waals surface area contributed by atoms with E-state index in [-0.39, 0.29) is 13.0 Å². The number of unbranched alkanes of at least 4 members (excludes halogenated alkanes) is 1. The molecule has 0 unspecified atom stereocenters. The molecule has 98 valence electrons. The Morgan fingerprint density at radius 3 is 2.50 bits per heavy atom. The van der Waals surface area contributed by atoms with Gasteiger partial charge in [-0.05, 0) is 24.9 Å². The number of hydrogen-bond acceptors (Lipinski definition) is 5. The van der Waals surface area contributed by atoms with Gasteiger partial charge in [0.2, 0.25) is 0 Å². The third-order valence-electron chi connectivity index (χ3n) is 2.23. The molecular weight excluding hydrogens is 234 g/mol. The van der Waals surface area contributed by atoms with Gasteiger partial charge in [0.25, 0.3) is 0 Å². The molecule has 1 aromatic rings. The van der Waals surface area contributed by atoms with E-state index in [2.05, 4.69) is 4.74 Å². The minimum atomic E-state index is -0.961. The van der Waals surface area contributed by atoms with Crippen molar-refractivity contribution < 1.29 is 19.1 Å². The Labute approximate surface area is 106 Å². The third kappa shape index (κ3) is 6.00. The SMILES string of the molecule is NCCCCC(=O)OC(=O)OCc1ccccc1. The monoisotopic (exact) mass is 251 g/mol. The predicted molar refractivity (Wildman–Crippen MR) is 65.6 cm³/mol. The molecule has 1 aromatic carbocycles. The van der Waals surface area contributed by atoms with Crippen molar-refractivity contribution >= 4 is 12.1 Å². The van der Waals surface area contributed by atoms with Crippen LogP contribution in [0.4, 0.5) is 4.79 Å². The average molecular weight is 251 g/mol. The van der Waals surface area contributed by atoms with E-state index in [0.717, 1.165) is 12.0 Å². The lowest BCUT2D eigenvalue weighted by Gasteiger charge is -2.04. The van der Waals surface area contributed by atoms with E-state index in [1.54, 1.807) is 0 Å². The minimum Gasteiger partial charge on any atom is -0.429 e. The fraction of sp³-hybridized carbons (Fsp3) is 0.385. The van der Waals surface area contributed by atoms with Gasteiger partial charge in [-0.2, -0.15) is 0 Å². The third-order valence-corrected chi connectivity index (χ3v) is 2.23. The van der Waals surface area contributed by atoms with E-state index >= 15 is 0 Å². The van der Waals surface area contributed by atoms with E-state index < -0.39 is 12.1 Å². The van der Waals surface area contributed by atoms with Crippen molar-refractivity contribution in [2.24, 2.45) is 5.73 Å². The second-order valence-corrected chi connectivity index (χ2v) is 3.74. The molecule has 0 heterocycles. The van der Waals surface area contributed by atoms with Crippen molar-refractivity contribution in [1.82, 2.24) is 0 Å².